The third kappa shape index (κ3) is 7.77. The first-order valence-electron chi connectivity index (χ1n) is 10.7. The van der Waals surface area contributed by atoms with Gasteiger partial charge in [-0.3, -0.25) is 0 Å². The van der Waals surface area contributed by atoms with Crippen molar-refractivity contribution in [3.8, 4) is 0 Å². The van der Waals surface area contributed by atoms with Crippen LogP contribution in [0.15, 0.2) is 54.6 Å². The number of benzene rings is 2. The lowest BCUT2D eigenvalue weighted by Gasteiger charge is -2.33. The highest BCUT2D eigenvalue weighted by atomic mass is 14.3. The Morgan fingerprint density at radius 2 is 1.15 bits per heavy atom. The maximum Gasteiger partial charge on any atom is -0.0113 e. The van der Waals surface area contributed by atoms with Crippen molar-refractivity contribution >= 4 is 0 Å². The molecule has 0 radical (unpaired) electrons. The van der Waals surface area contributed by atoms with Crippen molar-refractivity contribution in [2.45, 2.75) is 87.0 Å². The molecule has 146 valence electrons. The maximum atomic E-state index is 2.39. The van der Waals surface area contributed by atoms with Crippen LogP contribution >= 0.6 is 0 Å². The highest BCUT2D eigenvalue weighted by Crippen LogP contribution is 2.40. The molecule has 0 aliphatic heterocycles. The summed E-state index contributed by atoms with van der Waals surface area (Å²) >= 11 is 0. The molecule has 2 aromatic rings. The molecule has 0 N–H and O–H groups in total. The lowest BCUT2D eigenvalue weighted by atomic mass is 9.72. The monoisotopic (exact) mass is 354 g/mol. The third-order valence-electron chi connectivity index (χ3n) is 5.19. The van der Waals surface area contributed by atoms with Crippen molar-refractivity contribution in [1.29, 1.82) is 0 Å². The van der Waals surface area contributed by atoms with Crippen LogP contribution in [0.3, 0.4) is 0 Å². The van der Waals surface area contributed by atoms with Crippen LogP contribution in [0, 0.1) is 5.41 Å². The third-order valence-corrected chi connectivity index (χ3v) is 5.19. The molecule has 0 nitrogen and oxygen atoms in total. The van der Waals surface area contributed by atoms with E-state index in [0.29, 0.717) is 11.3 Å². The van der Waals surface area contributed by atoms with Gasteiger partial charge in [-0.2, -0.15) is 0 Å². The molecule has 0 aliphatic carbocycles. The van der Waals surface area contributed by atoms with Crippen LogP contribution in [-0.4, -0.2) is 0 Å². The van der Waals surface area contributed by atoms with Crippen LogP contribution in [0.4, 0.5) is 0 Å². The maximum absolute atomic E-state index is 2.39. The van der Waals surface area contributed by atoms with E-state index in [2.05, 4.69) is 82.3 Å². The molecule has 1 unspecified atom stereocenters. The fourth-order valence-electron chi connectivity index (χ4n) is 3.34. The van der Waals surface area contributed by atoms with Gasteiger partial charge in [0.25, 0.3) is 0 Å². The van der Waals surface area contributed by atoms with E-state index < -0.39 is 0 Å². The molecule has 1 atom stereocenters. The Kier molecular flexibility index (Phi) is 12.8. The normalized spacial score (nSPS) is 11.5. The second-order valence-electron chi connectivity index (χ2n) is 7.03. The molecule has 0 saturated heterocycles. The lowest BCUT2D eigenvalue weighted by Crippen LogP contribution is -2.20. The number of rotatable bonds is 7. The van der Waals surface area contributed by atoms with Gasteiger partial charge in [-0.05, 0) is 47.3 Å². The molecule has 0 bridgehead atoms. The van der Waals surface area contributed by atoms with Crippen molar-refractivity contribution in [3.63, 3.8) is 0 Å². The van der Waals surface area contributed by atoms with Gasteiger partial charge in [0.05, 0.1) is 0 Å². The summed E-state index contributed by atoms with van der Waals surface area (Å²) in [6.07, 6.45) is 4.68. The summed E-state index contributed by atoms with van der Waals surface area (Å²) in [5.41, 5.74) is 4.74. The van der Waals surface area contributed by atoms with Crippen LogP contribution in [-0.2, 0) is 12.8 Å². The average Bonchev–Trinajstić information content (AvgIpc) is 2.71. The minimum absolute atomic E-state index is 0.375. The smallest absolute Gasteiger partial charge is 0.0113 e. The standard InChI is InChI=1S/C22H30.2C2H6/c1-5-21(22(3,4)6-2)20-16-14-19(15-17-20)13-12-18-10-8-7-9-11-18;2*1-2/h7-11,14-17,21H,5-6,12-13H2,1-4H3;2*1-2H3. The van der Waals surface area contributed by atoms with E-state index in [9.17, 15) is 0 Å². The van der Waals surface area contributed by atoms with Crippen LogP contribution in [0.5, 0.6) is 0 Å². The summed E-state index contributed by atoms with van der Waals surface area (Å²) in [5, 5.41) is 0. The Bertz CT molecular complexity index is 548. The summed E-state index contributed by atoms with van der Waals surface area (Å²) < 4.78 is 0. The molecule has 26 heavy (non-hydrogen) atoms. The van der Waals surface area contributed by atoms with Gasteiger partial charge in [-0.25, -0.2) is 0 Å². The molecule has 0 fully saturated rings. The molecular formula is C26H42. The first-order valence-corrected chi connectivity index (χ1v) is 10.7. The van der Waals surface area contributed by atoms with Gasteiger partial charge >= 0.3 is 0 Å². The summed E-state index contributed by atoms with van der Waals surface area (Å²) in [5.74, 6) is 0.653. The van der Waals surface area contributed by atoms with E-state index in [0.717, 1.165) is 12.8 Å². The van der Waals surface area contributed by atoms with Crippen LogP contribution in [0.1, 0.15) is 90.8 Å². The predicted octanol–water partition coefficient (Wildman–Crippen LogP) is 8.45. The first-order chi connectivity index (χ1) is 12.6. The van der Waals surface area contributed by atoms with E-state index >= 15 is 0 Å². The minimum atomic E-state index is 0.375. The van der Waals surface area contributed by atoms with Gasteiger partial charge in [0, 0.05) is 0 Å². The van der Waals surface area contributed by atoms with E-state index in [-0.39, 0.29) is 0 Å². The summed E-state index contributed by atoms with van der Waals surface area (Å²) in [7, 11) is 0. The second-order valence-corrected chi connectivity index (χ2v) is 7.03. The van der Waals surface area contributed by atoms with Crippen LogP contribution < -0.4 is 0 Å². The Morgan fingerprint density at radius 1 is 0.692 bits per heavy atom. The molecular weight excluding hydrogens is 312 g/mol. The summed E-state index contributed by atoms with van der Waals surface area (Å²) in [6, 6.07) is 20.1. The molecule has 0 aliphatic rings. The van der Waals surface area contributed by atoms with E-state index in [4.69, 9.17) is 0 Å². The van der Waals surface area contributed by atoms with Crippen molar-refractivity contribution < 1.29 is 0 Å². The summed E-state index contributed by atoms with van der Waals surface area (Å²) in [4.78, 5) is 0. The van der Waals surface area contributed by atoms with E-state index in [1.54, 1.807) is 0 Å². The van der Waals surface area contributed by atoms with Crippen molar-refractivity contribution in [1.82, 2.24) is 0 Å². The highest BCUT2D eigenvalue weighted by Gasteiger charge is 2.27. The van der Waals surface area contributed by atoms with Gasteiger partial charge in [0.2, 0.25) is 0 Å². The molecule has 0 aromatic heterocycles. The zero-order valence-corrected chi connectivity index (χ0v) is 18.6. The Hall–Kier alpha value is -1.56. The van der Waals surface area contributed by atoms with Crippen LogP contribution in [0.2, 0.25) is 0 Å². The highest BCUT2D eigenvalue weighted by molar-refractivity contribution is 5.28. The van der Waals surface area contributed by atoms with Crippen LogP contribution in [0.25, 0.3) is 0 Å². The molecule has 2 rings (SSSR count). The number of hydrogen-bond acceptors (Lipinski definition) is 0. The zero-order valence-electron chi connectivity index (χ0n) is 18.6. The number of aryl methyl sites for hydroxylation is 2. The van der Waals surface area contributed by atoms with Gasteiger partial charge in [-0.1, -0.05) is 116 Å². The van der Waals surface area contributed by atoms with Gasteiger partial charge in [0.15, 0.2) is 0 Å². The fourth-order valence-corrected chi connectivity index (χ4v) is 3.34. The fraction of sp³-hybridized carbons (Fsp3) is 0.538. The molecule has 0 amide bonds. The first kappa shape index (κ1) is 24.4. The lowest BCUT2D eigenvalue weighted by molar-refractivity contribution is 0.267. The van der Waals surface area contributed by atoms with Gasteiger partial charge < -0.3 is 0 Å². The molecule has 0 heterocycles. The molecule has 2 aromatic carbocycles. The topological polar surface area (TPSA) is 0 Å². The second kappa shape index (κ2) is 13.6. The minimum Gasteiger partial charge on any atom is -0.0683 e. The van der Waals surface area contributed by atoms with E-state index in [1.165, 1.54) is 29.5 Å². The van der Waals surface area contributed by atoms with Crippen molar-refractivity contribution in [2.24, 2.45) is 5.41 Å². The summed E-state index contributed by atoms with van der Waals surface area (Å²) in [6.45, 7) is 17.4. The Balaban J connectivity index is 0.00000146. The van der Waals surface area contributed by atoms with E-state index in [1.807, 2.05) is 27.7 Å². The largest absolute Gasteiger partial charge is 0.0683 e. The Morgan fingerprint density at radius 3 is 1.58 bits per heavy atom. The Labute approximate surface area is 164 Å². The predicted molar refractivity (Wildman–Crippen MR) is 120 cm³/mol. The number of hydrogen-bond donors (Lipinski definition) is 0. The molecule has 0 heteroatoms. The van der Waals surface area contributed by atoms with Crippen molar-refractivity contribution in [3.05, 3.63) is 71.3 Å². The van der Waals surface area contributed by atoms with Gasteiger partial charge in [0.1, 0.15) is 0 Å². The SMILES string of the molecule is CC.CC.CCC(c1ccc(CCc2ccccc2)cc1)C(C)(C)CC. The zero-order chi connectivity index (χ0) is 20.0. The average molecular weight is 355 g/mol. The van der Waals surface area contributed by atoms with Gasteiger partial charge in [-0.15, -0.1) is 0 Å². The molecule has 0 saturated carbocycles. The van der Waals surface area contributed by atoms with Crippen molar-refractivity contribution in [2.75, 3.05) is 0 Å². The quantitative estimate of drug-likeness (QED) is 0.468. The molecule has 0 spiro atoms.